The van der Waals surface area contributed by atoms with Gasteiger partial charge < -0.3 is 10.1 Å². The Labute approximate surface area is 105 Å². The number of aromatic nitrogens is 4. The molecule has 0 amide bonds. The summed E-state index contributed by atoms with van der Waals surface area (Å²) >= 11 is 0. The van der Waals surface area contributed by atoms with Gasteiger partial charge in [-0.25, -0.2) is 0 Å². The number of rotatable bonds is 4. The molecule has 6 nitrogen and oxygen atoms in total. The molecule has 0 radical (unpaired) electrons. The van der Waals surface area contributed by atoms with Gasteiger partial charge in [0, 0.05) is 25.0 Å². The molecule has 18 heavy (non-hydrogen) atoms. The lowest BCUT2D eigenvalue weighted by atomic mass is 10.2. The van der Waals surface area contributed by atoms with E-state index in [1.54, 1.807) is 19.4 Å². The van der Waals surface area contributed by atoms with Crippen LogP contribution in [0.3, 0.4) is 0 Å². The average Bonchev–Trinajstić information content (AvgIpc) is 2.39. The van der Waals surface area contributed by atoms with E-state index < -0.39 is 0 Å². The van der Waals surface area contributed by atoms with Gasteiger partial charge in [0.2, 0.25) is 5.95 Å². The second-order valence-corrected chi connectivity index (χ2v) is 3.70. The summed E-state index contributed by atoms with van der Waals surface area (Å²) in [5.41, 5.74) is 1.90. The predicted molar refractivity (Wildman–Crippen MR) is 68.5 cm³/mol. The Hall–Kier alpha value is -2.24. The van der Waals surface area contributed by atoms with Crippen LogP contribution in [0, 0.1) is 6.92 Å². The van der Waals surface area contributed by atoms with Gasteiger partial charge in [0.15, 0.2) is 5.82 Å². The van der Waals surface area contributed by atoms with Crippen LogP contribution in [-0.4, -0.2) is 33.6 Å². The molecule has 0 saturated carbocycles. The topological polar surface area (TPSA) is 72.8 Å². The van der Waals surface area contributed by atoms with Gasteiger partial charge >= 0.3 is 6.01 Å². The quantitative estimate of drug-likeness (QED) is 0.883. The lowest BCUT2D eigenvalue weighted by molar-refractivity contribution is 0.312. The van der Waals surface area contributed by atoms with Crippen LogP contribution in [0.25, 0.3) is 11.4 Å². The highest BCUT2D eigenvalue weighted by atomic mass is 16.5. The van der Waals surface area contributed by atoms with Gasteiger partial charge in [-0.1, -0.05) is 0 Å². The number of nitrogens with one attached hydrogen (secondary N) is 1. The SMILES string of the molecule is CCOc1nc(NC)nc(-c2cncc(C)c2)n1. The molecule has 0 unspecified atom stereocenters. The molecule has 2 aromatic heterocycles. The third-order valence-electron chi connectivity index (χ3n) is 2.25. The van der Waals surface area contributed by atoms with Gasteiger partial charge in [-0.2, -0.15) is 15.0 Å². The monoisotopic (exact) mass is 245 g/mol. The molecule has 0 aromatic carbocycles. The maximum atomic E-state index is 5.32. The van der Waals surface area contributed by atoms with Gasteiger partial charge in [0.25, 0.3) is 0 Å². The normalized spacial score (nSPS) is 10.2. The predicted octanol–water partition coefficient (Wildman–Crippen LogP) is 1.68. The summed E-state index contributed by atoms with van der Waals surface area (Å²) in [6, 6.07) is 2.28. The standard InChI is InChI=1S/C12H15N5O/c1-4-18-12-16-10(15-11(13-3)17-12)9-5-8(2)6-14-7-9/h5-7H,4H2,1-3H3,(H,13,15,16,17). The van der Waals surface area contributed by atoms with Gasteiger partial charge in [-0.15, -0.1) is 0 Å². The van der Waals surface area contributed by atoms with Crippen molar-refractivity contribution in [2.45, 2.75) is 13.8 Å². The highest BCUT2D eigenvalue weighted by Crippen LogP contribution is 2.18. The van der Waals surface area contributed by atoms with E-state index >= 15 is 0 Å². The van der Waals surface area contributed by atoms with Gasteiger partial charge in [-0.05, 0) is 25.5 Å². The van der Waals surface area contributed by atoms with Crippen LogP contribution < -0.4 is 10.1 Å². The van der Waals surface area contributed by atoms with Gasteiger partial charge in [0.05, 0.1) is 6.61 Å². The third-order valence-corrected chi connectivity index (χ3v) is 2.25. The summed E-state index contributed by atoms with van der Waals surface area (Å²) in [5, 5.41) is 2.89. The van der Waals surface area contributed by atoms with E-state index in [0.29, 0.717) is 24.4 Å². The summed E-state index contributed by atoms with van der Waals surface area (Å²) in [7, 11) is 1.75. The molecule has 0 aliphatic heterocycles. The Balaban J connectivity index is 2.46. The summed E-state index contributed by atoms with van der Waals surface area (Å²) in [6.45, 7) is 4.37. The van der Waals surface area contributed by atoms with E-state index in [1.807, 2.05) is 19.9 Å². The summed E-state index contributed by atoms with van der Waals surface area (Å²) in [4.78, 5) is 16.8. The first-order valence-electron chi connectivity index (χ1n) is 5.71. The summed E-state index contributed by atoms with van der Waals surface area (Å²) < 4.78 is 5.32. The fourth-order valence-electron chi connectivity index (χ4n) is 1.47. The minimum absolute atomic E-state index is 0.313. The molecular weight excluding hydrogens is 230 g/mol. The second-order valence-electron chi connectivity index (χ2n) is 3.70. The Bertz CT molecular complexity index is 544. The number of aryl methyl sites for hydroxylation is 1. The van der Waals surface area contributed by atoms with Crippen LogP contribution in [0.2, 0.25) is 0 Å². The van der Waals surface area contributed by atoms with Crippen molar-refractivity contribution in [1.82, 2.24) is 19.9 Å². The van der Waals surface area contributed by atoms with Crippen LogP contribution in [0.5, 0.6) is 6.01 Å². The van der Waals surface area contributed by atoms with E-state index in [2.05, 4.69) is 25.3 Å². The molecule has 0 aliphatic carbocycles. The van der Waals surface area contributed by atoms with Gasteiger partial charge in [0.1, 0.15) is 0 Å². The summed E-state index contributed by atoms with van der Waals surface area (Å²) in [5.74, 6) is 1.03. The van der Waals surface area contributed by atoms with Crippen molar-refractivity contribution < 1.29 is 4.74 Å². The molecule has 0 spiro atoms. The van der Waals surface area contributed by atoms with E-state index in [-0.39, 0.29) is 0 Å². The number of hydrogen-bond acceptors (Lipinski definition) is 6. The highest BCUT2D eigenvalue weighted by molar-refractivity contribution is 5.56. The van der Waals surface area contributed by atoms with Gasteiger partial charge in [-0.3, -0.25) is 4.98 Å². The van der Waals surface area contributed by atoms with Crippen LogP contribution in [0.1, 0.15) is 12.5 Å². The van der Waals surface area contributed by atoms with Crippen LogP contribution in [0.15, 0.2) is 18.5 Å². The Kier molecular flexibility index (Phi) is 3.66. The molecule has 0 bridgehead atoms. The van der Waals surface area contributed by atoms with E-state index in [4.69, 9.17) is 4.74 Å². The number of pyridine rings is 1. The van der Waals surface area contributed by atoms with Crippen LogP contribution in [-0.2, 0) is 0 Å². The molecule has 2 heterocycles. The first-order chi connectivity index (χ1) is 8.72. The zero-order valence-electron chi connectivity index (χ0n) is 10.6. The minimum atomic E-state index is 0.313. The Morgan fingerprint density at radius 3 is 2.72 bits per heavy atom. The zero-order chi connectivity index (χ0) is 13.0. The fourth-order valence-corrected chi connectivity index (χ4v) is 1.47. The van der Waals surface area contributed by atoms with Crippen molar-refractivity contribution in [2.75, 3.05) is 19.0 Å². The van der Waals surface area contributed by atoms with E-state index in [0.717, 1.165) is 11.1 Å². The molecule has 94 valence electrons. The van der Waals surface area contributed by atoms with Crippen molar-refractivity contribution in [2.24, 2.45) is 0 Å². The molecule has 0 atom stereocenters. The molecule has 0 fully saturated rings. The molecule has 1 N–H and O–H groups in total. The first kappa shape index (κ1) is 12.2. The molecule has 0 saturated heterocycles. The number of anilines is 1. The smallest absolute Gasteiger partial charge is 0.321 e. The van der Waals surface area contributed by atoms with Crippen molar-refractivity contribution >= 4 is 5.95 Å². The van der Waals surface area contributed by atoms with E-state index in [1.165, 1.54) is 0 Å². The molecule has 0 aliphatic rings. The largest absolute Gasteiger partial charge is 0.464 e. The fraction of sp³-hybridized carbons (Fsp3) is 0.333. The van der Waals surface area contributed by atoms with Crippen molar-refractivity contribution in [1.29, 1.82) is 0 Å². The maximum absolute atomic E-state index is 5.32. The molecular formula is C12H15N5O. The first-order valence-corrected chi connectivity index (χ1v) is 5.71. The lowest BCUT2D eigenvalue weighted by Crippen LogP contribution is -2.05. The highest BCUT2D eigenvalue weighted by Gasteiger charge is 2.08. The zero-order valence-corrected chi connectivity index (χ0v) is 10.6. The maximum Gasteiger partial charge on any atom is 0.321 e. The Morgan fingerprint density at radius 2 is 2.06 bits per heavy atom. The number of ether oxygens (including phenoxy) is 1. The average molecular weight is 245 g/mol. The molecule has 2 aromatic rings. The lowest BCUT2D eigenvalue weighted by Gasteiger charge is -2.06. The Morgan fingerprint density at radius 1 is 1.22 bits per heavy atom. The van der Waals surface area contributed by atoms with Crippen molar-refractivity contribution in [3.63, 3.8) is 0 Å². The number of hydrogen-bond donors (Lipinski definition) is 1. The van der Waals surface area contributed by atoms with Crippen LogP contribution in [0.4, 0.5) is 5.95 Å². The van der Waals surface area contributed by atoms with Crippen molar-refractivity contribution in [3.05, 3.63) is 24.0 Å². The third kappa shape index (κ3) is 2.71. The van der Waals surface area contributed by atoms with E-state index in [9.17, 15) is 0 Å². The second kappa shape index (κ2) is 5.39. The summed E-state index contributed by atoms with van der Waals surface area (Å²) in [6.07, 6.45) is 3.50. The minimum Gasteiger partial charge on any atom is -0.464 e. The van der Waals surface area contributed by atoms with Crippen molar-refractivity contribution in [3.8, 4) is 17.4 Å². The van der Waals surface area contributed by atoms with Crippen LogP contribution >= 0.6 is 0 Å². The molecule has 2 rings (SSSR count). The number of nitrogens with zero attached hydrogens (tertiary/aromatic N) is 4. The molecule has 6 heteroatoms.